The predicted octanol–water partition coefficient (Wildman–Crippen LogP) is 5.27. The SMILES string of the molecule is Cl.O=C1/C(=C/c2ccccc2Br)CNC/C1=C\c1ccccc1Br. The van der Waals surface area contributed by atoms with Gasteiger partial charge in [-0.2, -0.15) is 0 Å². The van der Waals surface area contributed by atoms with Gasteiger partial charge >= 0.3 is 0 Å². The molecule has 2 aromatic rings. The fourth-order valence-corrected chi connectivity index (χ4v) is 3.29. The first kappa shape index (κ1) is 19.1. The van der Waals surface area contributed by atoms with Crippen LogP contribution in [0.4, 0.5) is 0 Å². The summed E-state index contributed by atoms with van der Waals surface area (Å²) in [6.45, 7) is 1.18. The summed E-state index contributed by atoms with van der Waals surface area (Å²) in [5, 5.41) is 3.31. The Balaban J connectivity index is 0.00000208. The Hall–Kier alpha value is -1.20. The summed E-state index contributed by atoms with van der Waals surface area (Å²) < 4.78 is 1.98. The van der Waals surface area contributed by atoms with Crippen LogP contribution in [0.1, 0.15) is 11.1 Å². The van der Waals surface area contributed by atoms with Crippen LogP contribution in [-0.4, -0.2) is 18.9 Å². The fourth-order valence-electron chi connectivity index (χ4n) is 2.49. The van der Waals surface area contributed by atoms with Crippen molar-refractivity contribution in [3.05, 3.63) is 79.7 Å². The molecule has 1 saturated heterocycles. The van der Waals surface area contributed by atoms with E-state index in [1.54, 1.807) is 0 Å². The molecule has 0 saturated carbocycles. The maximum atomic E-state index is 12.7. The Morgan fingerprint density at radius 2 is 1.21 bits per heavy atom. The highest BCUT2D eigenvalue weighted by Crippen LogP contribution is 2.24. The number of hydrogen-bond acceptors (Lipinski definition) is 2. The number of ketones is 1. The number of carbonyl (C=O) groups is 1. The monoisotopic (exact) mass is 467 g/mol. The number of rotatable bonds is 2. The van der Waals surface area contributed by atoms with E-state index in [4.69, 9.17) is 0 Å². The first-order valence-electron chi connectivity index (χ1n) is 7.31. The van der Waals surface area contributed by atoms with Gasteiger partial charge in [0.25, 0.3) is 0 Å². The van der Waals surface area contributed by atoms with Crippen molar-refractivity contribution in [3.63, 3.8) is 0 Å². The smallest absolute Gasteiger partial charge is 0.187 e. The molecule has 0 aliphatic carbocycles. The summed E-state index contributed by atoms with van der Waals surface area (Å²) >= 11 is 7.05. The highest BCUT2D eigenvalue weighted by molar-refractivity contribution is 9.10. The van der Waals surface area contributed by atoms with Gasteiger partial charge in [0.1, 0.15) is 0 Å². The maximum Gasteiger partial charge on any atom is 0.187 e. The summed E-state index contributed by atoms with van der Waals surface area (Å²) in [6.07, 6.45) is 3.90. The number of hydrogen-bond donors (Lipinski definition) is 1. The number of piperidine rings is 1. The predicted molar refractivity (Wildman–Crippen MR) is 109 cm³/mol. The van der Waals surface area contributed by atoms with Crippen molar-refractivity contribution in [1.29, 1.82) is 0 Å². The lowest BCUT2D eigenvalue weighted by Gasteiger charge is -2.18. The quantitative estimate of drug-likeness (QED) is 0.607. The second-order valence-corrected chi connectivity index (χ2v) is 7.02. The molecule has 3 rings (SSSR count). The van der Waals surface area contributed by atoms with Crippen LogP contribution >= 0.6 is 44.3 Å². The van der Waals surface area contributed by atoms with E-state index in [0.717, 1.165) is 31.2 Å². The lowest BCUT2D eigenvalue weighted by atomic mass is 9.95. The number of benzene rings is 2. The van der Waals surface area contributed by atoms with Gasteiger partial charge in [0.05, 0.1) is 0 Å². The molecule has 2 nitrogen and oxygen atoms in total. The summed E-state index contributed by atoms with van der Waals surface area (Å²) in [6, 6.07) is 15.8. The maximum absolute atomic E-state index is 12.7. The van der Waals surface area contributed by atoms with Crippen LogP contribution in [0.2, 0.25) is 0 Å². The van der Waals surface area contributed by atoms with Gasteiger partial charge in [-0.1, -0.05) is 68.3 Å². The van der Waals surface area contributed by atoms with Gasteiger partial charge in [0.15, 0.2) is 5.78 Å². The molecule has 5 heteroatoms. The third-order valence-corrected chi connectivity index (χ3v) is 5.13. The highest BCUT2D eigenvalue weighted by atomic mass is 79.9. The number of nitrogens with one attached hydrogen (secondary N) is 1. The van der Waals surface area contributed by atoms with Crippen LogP contribution in [0, 0.1) is 0 Å². The third-order valence-electron chi connectivity index (χ3n) is 3.68. The molecule has 0 unspecified atom stereocenters. The topological polar surface area (TPSA) is 29.1 Å². The van der Waals surface area contributed by atoms with Gasteiger partial charge in [0.2, 0.25) is 0 Å². The molecule has 124 valence electrons. The lowest BCUT2D eigenvalue weighted by molar-refractivity contribution is -0.112. The van der Waals surface area contributed by atoms with Crippen molar-refractivity contribution in [2.45, 2.75) is 0 Å². The van der Waals surface area contributed by atoms with Crippen LogP contribution < -0.4 is 5.32 Å². The summed E-state index contributed by atoms with van der Waals surface area (Å²) in [5.74, 6) is 0.107. The zero-order valence-corrected chi connectivity index (χ0v) is 16.7. The van der Waals surface area contributed by atoms with E-state index in [9.17, 15) is 4.79 Å². The Bertz CT molecular complexity index is 749. The highest BCUT2D eigenvalue weighted by Gasteiger charge is 2.20. The number of Topliss-reactive ketones (excluding diaryl/α,β-unsaturated/α-hetero) is 1. The Labute approximate surface area is 164 Å². The van der Waals surface area contributed by atoms with E-state index in [1.807, 2.05) is 60.7 Å². The van der Waals surface area contributed by atoms with Crippen LogP contribution in [0.15, 0.2) is 68.6 Å². The van der Waals surface area contributed by atoms with Gasteiger partial charge in [-0.15, -0.1) is 12.4 Å². The third kappa shape index (κ3) is 4.45. The van der Waals surface area contributed by atoms with Crippen LogP contribution in [-0.2, 0) is 4.79 Å². The molecule has 0 spiro atoms. The van der Waals surface area contributed by atoms with E-state index in [1.165, 1.54) is 0 Å². The Morgan fingerprint density at radius 3 is 1.62 bits per heavy atom. The molecule has 1 fully saturated rings. The molecule has 24 heavy (non-hydrogen) atoms. The van der Waals surface area contributed by atoms with E-state index in [0.29, 0.717) is 13.1 Å². The van der Waals surface area contributed by atoms with E-state index in [-0.39, 0.29) is 18.2 Å². The van der Waals surface area contributed by atoms with Crippen LogP contribution in [0.3, 0.4) is 0 Å². The van der Waals surface area contributed by atoms with Gasteiger partial charge in [-0.3, -0.25) is 4.79 Å². The molecular weight excluding hydrogens is 453 g/mol. The zero-order chi connectivity index (χ0) is 16.2. The molecule has 1 aliphatic rings. The molecular formula is C19H16Br2ClNO. The van der Waals surface area contributed by atoms with Crippen molar-refractivity contribution in [3.8, 4) is 0 Å². The first-order valence-corrected chi connectivity index (χ1v) is 8.89. The van der Waals surface area contributed by atoms with Crippen molar-refractivity contribution < 1.29 is 4.79 Å². The summed E-state index contributed by atoms with van der Waals surface area (Å²) in [4.78, 5) is 12.7. The zero-order valence-electron chi connectivity index (χ0n) is 12.8. The normalized spacial score (nSPS) is 17.8. The molecule has 1 heterocycles. The van der Waals surface area contributed by atoms with Crippen LogP contribution in [0.25, 0.3) is 12.2 Å². The summed E-state index contributed by atoms with van der Waals surface area (Å²) in [7, 11) is 0. The van der Waals surface area contributed by atoms with Crippen molar-refractivity contribution in [2.24, 2.45) is 0 Å². The molecule has 0 atom stereocenters. The van der Waals surface area contributed by atoms with E-state index >= 15 is 0 Å². The largest absolute Gasteiger partial charge is 0.308 e. The fraction of sp³-hybridized carbons (Fsp3) is 0.105. The van der Waals surface area contributed by atoms with Gasteiger partial charge < -0.3 is 5.32 Å². The first-order chi connectivity index (χ1) is 11.1. The Kier molecular flexibility index (Phi) is 6.99. The summed E-state index contributed by atoms with van der Waals surface area (Å²) in [5.41, 5.74) is 3.59. The van der Waals surface area contributed by atoms with E-state index < -0.39 is 0 Å². The minimum Gasteiger partial charge on any atom is -0.308 e. The van der Waals surface area contributed by atoms with Gasteiger partial charge in [-0.05, 0) is 35.4 Å². The lowest BCUT2D eigenvalue weighted by Crippen LogP contribution is -2.32. The van der Waals surface area contributed by atoms with Crippen molar-refractivity contribution in [2.75, 3.05) is 13.1 Å². The van der Waals surface area contributed by atoms with Crippen molar-refractivity contribution in [1.82, 2.24) is 5.32 Å². The van der Waals surface area contributed by atoms with Crippen molar-refractivity contribution >= 4 is 62.2 Å². The molecule has 1 aliphatic heterocycles. The average molecular weight is 470 g/mol. The van der Waals surface area contributed by atoms with Gasteiger partial charge in [0, 0.05) is 33.2 Å². The minimum absolute atomic E-state index is 0. The molecule has 0 bridgehead atoms. The molecule has 0 amide bonds. The van der Waals surface area contributed by atoms with Gasteiger partial charge in [-0.25, -0.2) is 0 Å². The number of halogens is 3. The molecule has 2 aromatic carbocycles. The second kappa shape index (κ2) is 8.77. The Morgan fingerprint density at radius 1 is 0.792 bits per heavy atom. The molecule has 0 radical (unpaired) electrons. The standard InChI is InChI=1S/C19H15Br2NO.ClH/c20-17-7-3-1-5-13(17)9-15-11-22-12-16(19(15)23)10-14-6-2-4-8-18(14)21;/h1-10,22H,11-12H2;1H/b15-9+,16-10+;. The van der Waals surface area contributed by atoms with Crippen LogP contribution in [0.5, 0.6) is 0 Å². The van der Waals surface area contributed by atoms with E-state index in [2.05, 4.69) is 37.2 Å². The molecule has 0 aromatic heterocycles. The average Bonchev–Trinajstić information content (AvgIpc) is 2.55. The minimum atomic E-state index is 0. The number of carbonyl (C=O) groups excluding carboxylic acids is 1. The molecule has 1 N–H and O–H groups in total. The second-order valence-electron chi connectivity index (χ2n) is 5.31.